The molecule has 0 atom stereocenters. The summed E-state index contributed by atoms with van der Waals surface area (Å²) < 4.78 is 1.96. The summed E-state index contributed by atoms with van der Waals surface area (Å²) in [5.41, 5.74) is 6.69. The molecule has 1 saturated carbocycles. The molecular formula is C23H28N4. The molecule has 3 heterocycles. The highest BCUT2D eigenvalue weighted by atomic mass is 15.3. The molecule has 4 heteroatoms. The minimum Gasteiger partial charge on any atom is -0.261 e. The molecule has 4 rings (SSSR count). The van der Waals surface area contributed by atoms with E-state index in [0.29, 0.717) is 0 Å². The molecule has 0 aliphatic heterocycles. The van der Waals surface area contributed by atoms with Crippen molar-refractivity contribution in [3.63, 3.8) is 0 Å². The molecule has 140 valence electrons. The van der Waals surface area contributed by atoms with Gasteiger partial charge in [0.25, 0.3) is 0 Å². The normalized spacial score (nSPS) is 14.7. The number of nitrogens with zero attached hydrogens (tertiary/aromatic N) is 4. The van der Waals surface area contributed by atoms with E-state index in [4.69, 9.17) is 10.1 Å². The third kappa shape index (κ3) is 4.10. The third-order valence-electron chi connectivity index (χ3n) is 5.58. The summed E-state index contributed by atoms with van der Waals surface area (Å²) in [7, 11) is 0. The summed E-state index contributed by atoms with van der Waals surface area (Å²) in [6.07, 6.45) is 14.7. The van der Waals surface area contributed by atoms with Crippen LogP contribution in [0.5, 0.6) is 0 Å². The summed E-state index contributed by atoms with van der Waals surface area (Å²) in [5.74, 6) is 0.830. The van der Waals surface area contributed by atoms with Crippen molar-refractivity contribution in [3.05, 3.63) is 59.9 Å². The van der Waals surface area contributed by atoms with Crippen molar-refractivity contribution in [1.82, 2.24) is 19.7 Å². The largest absolute Gasteiger partial charge is 0.261 e. The zero-order valence-electron chi connectivity index (χ0n) is 16.4. The van der Waals surface area contributed by atoms with Gasteiger partial charge >= 0.3 is 0 Å². The fraction of sp³-hybridized carbons (Fsp3) is 0.435. The van der Waals surface area contributed by atoms with Crippen LogP contribution >= 0.6 is 0 Å². The van der Waals surface area contributed by atoms with Crippen LogP contribution in [0.4, 0.5) is 0 Å². The molecular weight excluding hydrogens is 332 g/mol. The van der Waals surface area contributed by atoms with Crippen molar-refractivity contribution in [2.75, 3.05) is 0 Å². The fourth-order valence-corrected chi connectivity index (χ4v) is 4.09. The maximum Gasteiger partial charge on any atom is 0.0679 e. The van der Waals surface area contributed by atoms with Gasteiger partial charge in [0.15, 0.2) is 0 Å². The minimum atomic E-state index is 0.830. The third-order valence-corrected chi connectivity index (χ3v) is 5.58. The number of hydrogen-bond acceptors (Lipinski definition) is 3. The van der Waals surface area contributed by atoms with Gasteiger partial charge in [-0.2, -0.15) is 5.10 Å². The lowest BCUT2D eigenvalue weighted by atomic mass is 10.0. The standard InChI is InChI=1S/C23H28N4/c1-3-6-20-14-22(11-12-24-20)27-16-23(17(2)26-27)19-9-10-21(25-15-19)13-18-7-4-5-8-18/h9-12,14-16,18H,3-8,13H2,1-2H3. The van der Waals surface area contributed by atoms with Crippen LogP contribution in [-0.2, 0) is 12.8 Å². The Kier molecular flexibility index (Phi) is 5.33. The second-order valence-corrected chi connectivity index (χ2v) is 7.72. The maximum atomic E-state index is 4.73. The van der Waals surface area contributed by atoms with Crippen LogP contribution in [-0.4, -0.2) is 19.7 Å². The molecule has 0 radical (unpaired) electrons. The van der Waals surface area contributed by atoms with Gasteiger partial charge < -0.3 is 0 Å². The Hall–Kier alpha value is -2.49. The van der Waals surface area contributed by atoms with Crippen LogP contribution in [0.1, 0.15) is 56.1 Å². The maximum absolute atomic E-state index is 4.73. The Morgan fingerprint density at radius 1 is 1.07 bits per heavy atom. The van der Waals surface area contributed by atoms with Gasteiger partial charge in [-0.15, -0.1) is 0 Å². The van der Waals surface area contributed by atoms with E-state index in [2.05, 4.69) is 43.2 Å². The lowest BCUT2D eigenvalue weighted by Gasteiger charge is -2.08. The monoisotopic (exact) mass is 360 g/mol. The average molecular weight is 361 g/mol. The molecule has 4 nitrogen and oxygen atoms in total. The van der Waals surface area contributed by atoms with Crippen LogP contribution in [0.3, 0.4) is 0 Å². The number of rotatable bonds is 6. The first-order chi connectivity index (χ1) is 13.2. The van der Waals surface area contributed by atoms with Crippen molar-refractivity contribution in [2.24, 2.45) is 5.92 Å². The van der Waals surface area contributed by atoms with E-state index in [1.165, 1.54) is 31.4 Å². The van der Waals surface area contributed by atoms with E-state index in [-0.39, 0.29) is 0 Å². The van der Waals surface area contributed by atoms with E-state index in [9.17, 15) is 0 Å². The van der Waals surface area contributed by atoms with Crippen molar-refractivity contribution in [2.45, 2.75) is 58.8 Å². The second kappa shape index (κ2) is 8.03. The summed E-state index contributed by atoms with van der Waals surface area (Å²) in [5, 5.41) is 4.73. The lowest BCUT2D eigenvalue weighted by Crippen LogP contribution is -2.00. The molecule has 0 spiro atoms. The predicted molar refractivity (Wildman–Crippen MR) is 109 cm³/mol. The van der Waals surface area contributed by atoms with Gasteiger partial charge in [0, 0.05) is 41.1 Å². The minimum absolute atomic E-state index is 0.830. The van der Waals surface area contributed by atoms with Crippen LogP contribution in [0.2, 0.25) is 0 Å². The van der Waals surface area contributed by atoms with Crippen molar-refractivity contribution < 1.29 is 0 Å². The van der Waals surface area contributed by atoms with Gasteiger partial charge in [-0.3, -0.25) is 9.97 Å². The van der Waals surface area contributed by atoms with E-state index in [1.54, 1.807) is 0 Å². The average Bonchev–Trinajstić information content (AvgIpc) is 3.33. The Labute approximate surface area is 161 Å². The number of aryl methyl sites for hydroxylation is 2. The first-order valence-electron chi connectivity index (χ1n) is 10.2. The van der Waals surface area contributed by atoms with E-state index in [1.807, 2.05) is 23.1 Å². The Bertz CT molecular complexity index is 889. The SMILES string of the molecule is CCCc1cc(-n2cc(-c3ccc(CC4CCCC4)nc3)c(C)n2)ccn1. The van der Waals surface area contributed by atoms with Crippen molar-refractivity contribution in [3.8, 4) is 16.8 Å². The highest BCUT2D eigenvalue weighted by molar-refractivity contribution is 5.64. The van der Waals surface area contributed by atoms with Crippen molar-refractivity contribution in [1.29, 1.82) is 0 Å². The Balaban J connectivity index is 1.55. The number of pyridine rings is 2. The predicted octanol–water partition coefficient (Wildman–Crippen LogP) is 5.32. The molecule has 0 aromatic carbocycles. The molecule has 27 heavy (non-hydrogen) atoms. The van der Waals surface area contributed by atoms with Crippen LogP contribution in [0.15, 0.2) is 42.9 Å². The summed E-state index contributed by atoms with van der Waals surface area (Å²) in [6.45, 7) is 4.24. The van der Waals surface area contributed by atoms with E-state index >= 15 is 0 Å². The summed E-state index contributed by atoms with van der Waals surface area (Å²) >= 11 is 0. The van der Waals surface area contributed by atoms with Gasteiger partial charge in [0.2, 0.25) is 0 Å². The number of hydrogen-bond donors (Lipinski definition) is 0. The van der Waals surface area contributed by atoms with Gasteiger partial charge in [-0.05, 0) is 43.9 Å². The smallest absolute Gasteiger partial charge is 0.0679 e. The van der Waals surface area contributed by atoms with E-state index in [0.717, 1.165) is 53.4 Å². The molecule has 0 N–H and O–H groups in total. The van der Waals surface area contributed by atoms with Crippen molar-refractivity contribution >= 4 is 0 Å². The molecule has 1 aliphatic carbocycles. The molecule has 0 amide bonds. The summed E-state index contributed by atoms with van der Waals surface area (Å²) in [6, 6.07) is 8.53. The number of aromatic nitrogens is 4. The van der Waals surface area contributed by atoms with Crippen LogP contribution in [0.25, 0.3) is 16.8 Å². The molecule has 0 saturated heterocycles. The molecule has 3 aromatic heterocycles. The molecule has 0 unspecified atom stereocenters. The first kappa shape index (κ1) is 17.9. The molecule has 0 bridgehead atoms. The summed E-state index contributed by atoms with van der Waals surface area (Å²) in [4.78, 5) is 9.18. The van der Waals surface area contributed by atoms with Gasteiger partial charge in [0.05, 0.1) is 11.4 Å². The Morgan fingerprint density at radius 2 is 1.93 bits per heavy atom. The van der Waals surface area contributed by atoms with Crippen LogP contribution < -0.4 is 0 Å². The second-order valence-electron chi connectivity index (χ2n) is 7.72. The van der Waals surface area contributed by atoms with Crippen LogP contribution in [0, 0.1) is 12.8 Å². The molecule has 1 aliphatic rings. The van der Waals surface area contributed by atoms with Gasteiger partial charge in [-0.25, -0.2) is 4.68 Å². The van der Waals surface area contributed by atoms with Gasteiger partial charge in [-0.1, -0.05) is 45.1 Å². The van der Waals surface area contributed by atoms with Gasteiger partial charge in [0.1, 0.15) is 0 Å². The topological polar surface area (TPSA) is 43.6 Å². The quantitative estimate of drug-likeness (QED) is 0.597. The zero-order valence-corrected chi connectivity index (χ0v) is 16.4. The molecule has 3 aromatic rings. The first-order valence-corrected chi connectivity index (χ1v) is 10.2. The zero-order chi connectivity index (χ0) is 18.6. The Morgan fingerprint density at radius 3 is 2.67 bits per heavy atom. The van der Waals surface area contributed by atoms with E-state index < -0.39 is 0 Å². The fourth-order valence-electron chi connectivity index (χ4n) is 4.09. The highest BCUT2D eigenvalue weighted by Crippen LogP contribution is 2.28. The molecule has 1 fully saturated rings. The highest BCUT2D eigenvalue weighted by Gasteiger charge is 2.16. The lowest BCUT2D eigenvalue weighted by molar-refractivity contribution is 0.539.